The van der Waals surface area contributed by atoms with Gasteiger partial charge in [0, 0.05) is 39.1 Å². The van der Waals surface area contributed by atoms with Crippen molar-refractivity contribution in [2.75, 3.05) is 54.4 Å². The number of halogens is 1. The summed E-state index contributed by atoms with van der Waals surface area (Å²) in [4.78, 5) is 9.12. The highest BCUT2D eigenvalue weighted by atomic mass is 127. The number of ether oxygens (including phenoxy) is 1. The Morgan fingerprint density at radius 1 is 1.31 bits per heavy atom. The highest BCUT2D eigenvalue weighted by Gasteiger charge is 2.27. The lowest BCUT2D eigenvalue weighted by Crippen LogP contribution is -2.46. The maximum absolute atomic E-state index is 5.26. The molecule has 6 heteroatoms. The van der Waals surface area contributed by atoms with E-state index < -0.39 is 0 Å². The minimum atomic E-state index is 0. The zero-order valence-electron chi connectivity index (χ0n) is 17.1. The summed E-state index contributed by atoms with van der Waals surface area (Å²) >= 11 is 0. The van der Waals surface area contributed by atoms with Crippen molar-refractivity contribution in [3.05, 3.63) is 29.8 Å². The molecular formula is C20H35IN4O. The van der Waals surface area contributed by atoms with Gasteiger partial charge in [-0.05, 0) is 43.6 Å². The van der Waals surface area contributed by atoms with Crippen LogP contribution in [-0.4, -0.2) is 70.2 Å². The fourth-order valence-electron chi connectivity index (χ4n) is 3.66. The number of aliphatic imine (C=N–C) groups is 1. The molecule has 2 rings (SSSR count). The number of guanidine groups is 1. The Morgan fingerprint density at radius 3 is 2.50 bits per heavy atom. The summed E-state index contributed by atoms with van der Waals surface area (Å²) < 4.78 is 5.26. The molecule has 1 aromatic rings. The summed E-state index contributed by atoms with van der Waals surface area (Å²) in [6.45, 7) is 8.60. The number of nitrogens with zero attached hydrogens (tertiary/aromatic N) is 3. The number of likely N-dealkylation sites (tertiary alicyclic amines) is 1. The van der Waals surface area contributed by atoms with Gasteiger partial charge in [-0.15, -0.1) is 24.0 Å². The fraction of sp³-hybridized carbons (Fsp3) is 0.650. The van der Waals surface area contributed by atoms with Gasteiger partial charge in [-0.25, -0.2) is 0 Å². The van der Waals surface area contributed by atoms with E-state index in [-0.39, 0.29) is 29.4 Å². The van der Waals surface area contributed by atoms with Crippen molar-refractivity contribution in [1.29, 1.82) is 0 Å². The zero-order chi connectivity index (χ0) is 18.4. The van der Waals surface area contributed by atoms with Gasteiger partial charge in [0.1, 0.15) is 5.75 Å². The molecule has 26 heavy (non-hydrogen) atoms. The highest BCUT2D eigenvalue weighted by Crippen LogP contribution is 2.28. The third-order valence-corrected chi connectivity index (χ3v) is 4.76. The Kier molecular flexibility index (Phi) is 9.16. The summed E-state index contributed by atoms with van der Waals surface area (Å²) in [5, 5.41) is 3.58. The smallest absolute Gasteiger partial charge is 0.193 e. The van der Waals surface area contributed by atoms with Crippen molar-refractivity contribution in [1.82, 2.24) is 15.1 Å². The molecule has 0 aromatic heterocycles. The van der Waals surface area contributed by atoms with Crippen molar-refractivity contribution in [3.63, 3.8) is 0 Å². The van der Waals surface area contributed by atoms with Gasteiger partial charge in [0.2, 0.25) is 0 Å². The Hall–Kier alpha value is -1.02. The molecular weight excluding hydrogens is 439 g/mol. The van der Waals surface area contributed by atoms with Gasteiger partial charge in [0.25, 0.3) is 0 Å². The first-order valence-corrected chi connectivity index (χ1v) is 9.09. The number of nitrogens with one attached hydrogen (secondary N) is 1. The predicted molar refractivity (Wildman–Crippen MR) is 121 cm³/mol. The highest BCUT2D eigenvalue weighted by molar-refractivity contribution is 14.0. The van der Waals surface area contributed by atoms with Crippen LogP contribution in [0.5, 0.6) is 5.75 Å². The molecule has 0 aliphatic carbocycles. The van der Waals surface area contributed by atoms with Gasteiger partial charge in [0.05, 0.1) is 7.11 Å². The van der Waals surface area contributed by atoms with E-state index in [0.717, 1.165) is 44.3 Å². The second kappa shape index (κ2) is 10.3. The monoisotopic (exact) mass is 474 g/mol. The molecule has 1 atom stereocenters. The Bertz CT molecular complexity index is 572. The SMILES string of the molecule is CN=C(NCC(C)(C)CN(C)C)N1CCC(c2ccc(OC)cc2)C1.I. The molecule has 148 valence electrons. The maximum atomic E-state index is 5.26. The van der Waals surface area contributed by atoms with Crippen LogP contribution in [0.2, 0.25) is 0 Å². The molecule has 1 N–H and O–H groups in total. The maximum Gasteiger partial charge on any atom is 0.193 e. The van der Waals surface area contributed by atoms with Gasteiger partial charge in [-0.1, -0.05) is 26.0 Å². The Balaban J connectivity index is 0.00000338. The molecule has 1 aliphatic heterocycles. The van der Waals surface area contributed by atoms with Crippen molar-refractivity contribution in [3.8, 4) is 5.75 Å². The van der Waals surface area contributed by atoms with Gasteiger partial charge in [-0.3, -0.25) is 4.99 Å². The van der Waals surface area contributed by atoms with Gasteiger partial charge < -0.3 is 19.9 Å². The zero-order valence-corrected chi connectivity index (χ0v) is 19.4. The Morgan fingerprint density at radius 2 is 1.96 bits per heavy atom. The van der Waals surface area contributed by atoms with Crippen molar-refractivity contribution >= 4 is 29.9 Å². The predicted octanol–water partition coefficient (Wildman–Crippen LogP) is 3.27. The topological polar surface area (TPSA) is 40.1 Å². The fourth-order valence-corrected chi connectivity index (χ4v) is 3.66. The molecule has 1 unspecified atom stereocenters. The van der Waals surface area contributed by atoms with E-state index in [1.54, 1.807) is 7.11 Å². The quantitative estimate of drug-likeness (QED) is 0.391. The second-order valence-electron chi connectivity index (χ2n) is 8.01. The molecule has 0 spiro atoms. The summed E-state index contributed by atoms with van der Waals surface area (Å²) in [6.07, 6.45) is 1.16. The van der Waals surface area contributed by atoms with Crippen LogP contribution in [0.3, 0.4) is 0 Å². The van der Waals surface area contributed by atoms with Crippen molar-refractivity contribution in [2.24, 2.45) is 10.4 Å². The van der Waals surface area contributed by atoms with Gasteiger partial charge in [0.15, 0.2) is 5.96 Å². The lowest BCUT2D eigenvalue weighted by Gasteiger charge is -2.31. The lowest BCUT2D eigenvalue weighted by molar-refractivity contribution is 0.239. The number of hydrogen-bond acceptors (Lipinski definition) is 3. The molecule has 1 heterocycles. The third kappa shape index (κ3) is 6.61. The molecule has 0 amide bonds. The molecule has 0 bridgehead atoms. The number of rotatable bonds is 6. The van der Waals surface area contributed by atoms with E-state index in [1.807, 2.05) is 7.05 Å². The van der Waals surface area contributed by atoms with Crippen LogP contribution in [0.25, 0.3) is 0 Å². The van der Waals surface area contributed by atoms with E-state index in [9.17, 15) is 0 Å². The van der Waals surface area contributed by atoms with E-state index in [1.165, 1.54) is 5.56 Å². The van der Waals surface area contributed by atoms with Gasteiger partial charge in [-0.2, -0.15) is 0 Å². The van der Waals surface area contributed by atoms with E-state index in [2.05, 4.69) is 72.3 Å². The van der Waals surface area contributed by atoms with E-state index in [0.29, 0.717) is 5.92 Å². The average Bonchev–Trinajstić information content (AvgIpc) is 3.04. The van der Waals surface area contributed by atoms with Crippen LogP contribution in [0, 0.1) is 5.41 Å². The number of hydrogen-bond donors (Lipinski definition) is 1. The molecule has 0 saturated carbocycles. The summed E-state index contributed by atoms with van der Waals surface area (Å²) in [7, 11) is 7.83. The largest absolute Gasteiger partial charge is 0.497 e. The minimum absolute atomic E-state index is 0. The van der Waals surface area contributed by atoms with Crippen LogP contribution in [0.1, 0.15) is 31.7 Å². The standard InChI is InChI=1S/C20H34N4O.HI/c1-20(2,15-23(4)5)14-22-19(21-3)24-12-11-17(13-24)16-7-9-18(25-6)10-8-16;/h7-10,17H,11-15H2,1-6H3,(H,21,22);1H. The van der Waals surface area contributed by atoms with Crippen LogP contribution < -0.4 is 10.1 Å². The normalized spacial score (nSPS) is 18.0. The number of benzene rings is 1. The molecule has 1 saturated heterocycles. The van der Waals surface area contributed by atoms with E-state index in [4.69, 9.17) is 4.74 Å². The van der Waals surface area contributed by atoms with Crippen LogP contribution in [-0.2, 0) is 0 Å². The van der Waals surface area contributed by atoms with Gasteiger partial charge >= 0.3 is 0 Å². The molecule has 1 aliphatic rings. The summed E-state index contributed by atoms with van der Waals surface area (Å²) in [5.74, 6) is 2.49. The van der Waals surface area contributed by atoms with Crippen LogP contribution in [0.15, 0.2) is 29.3 Å². The van der Waals surface area contributed by atoms with Crippen LogP contribution in [0.4, 0.5) is 0 Å². The number of methoxy groups -OCH3 is 1. The van der Waals surface area contributed by atoms with Crippen molar-refractivity contribution in [2.45, 2.75) is 26.2 Å². The van der Waals surface area contributed by atoms with Crippen LogP contribution >= 0.6 is 24.0 Å². The minimum Gasteiger partial charge on any atom is -0.497 e. The molecule has 1 fully saturated rings. The molecule has 5 nitrogen and oxygen atoms in total. The van der Waals surface area contributed by atoms with Crippen molar-refractivity contribution < 1.29 is 4.74 Å². The van der Waals surface area contributed by atoms with E-state index >= 15 is 0 Å². The third-order valence-electron chi connectivity index (χ3n) is 4.76. The lowest BCUT2D eigenvalue weighted by atomic mass is 9.93. The first-order valence-electron chi connectivity index (χ1n) is 9.09. The summed E-state index contributed by atoms with van der Waals surface area (Å²) in [6, 6.07) is 8.47. The molecule has 0 radical (unpaired) electrons. The summed E-state index contributed by atoms with van der Waals surface area (Å²) in [5.41, 5.74) is 1.58. The Labute approximate surface area is 176 Å². The first-order chi connectivity index (χ1) is 11.8. The second-order valence-corrected chi connectivity index (χ2v) is 8.01. The average molecular weight is 474 g/mol. The molecule has 1 aromatic carbocycles. The first kappa shape index (κ1) is 23.0.